The van der Waals surface area contributed by atoms with Crippen molar-refractivity contribution in [2.75, 3.05) is 20.4 Å². The Labute approximate surface area is 175 Å². The molecule has 4 rings (SSSR count). The summed E-state index contributed by atoms with van der Waals surface area (Å²) in [6.45, 7) is 1.33. The van der Waals surface area contributed by atoms with Gasteiger partial charge in [0.25, 0.3) is 0 Å². The summed E-state index contributed by atoms with van der Waals surface area (Å²) >= 11 is 0. The van der Waals surface area contributed by atoms with Gasteiger partial charge in [0.2, 0.25) is 6.79 Å². The Hall–Kier alpha value is -2.84. The lowest BCUT2D eigenvalue weighted by molar-refractivity contribution is 0.174. The summed E-state index contributed by atoms with van der Waals surface area (Å²) in [5.41, 5.74) is 8.43. The first-order chi connectivity index (χ1) is 14.6. The molecule has 0 spiro atoms. The number of nitrogens with zero attached hydrogens (tertiary/aromatic N) is 1. The van der Waals surface area contributed by atoms with E-state index >= 15 is 0 Å². The van der Waals surface area contributed by atoms with Crippen molar-refractivity contribution in [2.24, 2.45) is 0 Å². The van der Waals surface area contributed by atoms with E-state index < -0.39 is 0 Å². The highest BCUT2D eigenvalue weighted by Gasteiger charge is 2.25. The molecule has 1 fully saturated rings. The quantitative estimate of drug-likeness (QED) is 0.649. The number of halogens is 1. The summed E-state index contributed by atoms with van der Waals surface area (Å²) in [7, 11) is 1.80. The van der Waals surface area contributed by atoms with Crippen LogP contribution in [0.15, 0.2) is 42.5 Å². The van der Waals surface area contributed by atoms with Crippen molar-refractivity contribution in [2.45, 2.75) is 37.9 Å². The first-order valence-corrected chi connectivity index (χ1v) is 10.2. The predicted octanol–water partition coefficient (Wildman–Crippen LogP) is 3.08. The predicted molar refractivity (Wildman–Crippen MR) is 110 cm³/mol. The summed E-state index contributed by atoms with van der Waals surface area (Å²) in [4.78, 5) is 14.0. The SMILES string of the molecule is CN(CCCC1CC(c2cccc(F)c2)NN1)C(=O)NCc1ccc2c(c1)OCO2. The fourth-order valence-corrected chi connectivity index (χ4v) is 3.79. The molecule has 2 aliphatic rings. The van der Waals surface area contributed by atoms with Crippen LogP contribution in [0.25, 0.3) is 0 Å². The first kappa shape index (κ1) is 20.4. The maximum Gasteiger partial charge on any atom is 0.317 e. The summed E-state index contributed by atoms with van der Waals surface area (Å²) < 4.78 is 24.1. The lowest BCUT2D eigenvalue weighted by Gasteiger charge is -2.19. The van der Waals surface area contributed by atoms with Crippen molar-refractivity contribution >= 4 is 6.03 Å². The summed E-state index contributed by atoms with van der Waals surface area (Å²) in [6.07, 6.45) is 2.70. The van der Waals surface area contributed by atoms with Gasteiger partial charge in [-0.3, -0.25) is 10.9 Å². The molecular weight excluding hydrogens is 387 g/mol. The minimum Gasteiger partial charge on any atom is -0.454 e. The van der Waals surface area contributed by atoms with Crippen LogP contribution in [0.2, 0.25) is 0 Å². The molecule has 160 valence electrons. The van der Waals surface area contributed by atoms with E-state index in [2.05, 4.69) is 16.2 Å². The van der Waals surface area contributed by atoms with Gasteiger partial charge < -0.3 is 19.7 Å². The maximum atomic E-state index is 13.4. The van der Waals surface area contributed by atoms with Crippen LogP contribution in [0, 0.1) is 5.82 Å². The Kier molecular flexibility index (Phi) is 6.35. The number of rotatable bonds is 7. The van der Waals surface area contributed by atoms with Crippen molar-refractivity contribution < 1.29 is 18.7 Å². The Morgan fingerprint density at radius 2 is 2.07 bits per heavy atom. The molecule has 2 aromatic carbocycles. The fourth-order valence-electron chi connectivity index (χ4n) is 3.79. The minimum absolute atomic E-state index is 0.105. The van der Waals surface area contributed by atoms with E-state index in [-0.39, 0.29) is 24.7 Å². The highest BCUT2D eigenvalue weighted by molar-refractivity contribution is 5.73. The van der Waals surface area contributed by atoms with E-state index in [9.17, 15) is 9.18 Å². The smallest absolute Gasteiger partial charge is 0.317 e. The Morgan fingerprint density at radius 1 is 1.20 bits per heavy atom. The summed E-state index contributed by atoms with van der Waals surface area (Å²) in [5.74, 6) is 1.23. The molecule has 2 unspecified atom stereocenters. The second kappa shape index (κ2) is 9.32. The average Bonchev–Trinajstić information content (AvgIpc) is 3.41. The molecule has 2 heterocycles. The first-order valence-electron chi connectivity index (χ1n) is 10.2. The van der Waals surface area contributed by atoms with Gasteiger partial charge in [-0.25, -0.2) is 9.18 Å². The fraction of sp³-hybridized carbons (Fsp3) is 0.409. The zero-order chi connectivity index (χ0) is 20.9. The number of hydrogen-bond donors (Lipinski definition) is 3. The zero-order valence-corrected chi connectivity index (χ0v) is 17.0. The highest BCUT2D eigenvalue weighted by atomic mass is 19.1. The van der Waals surface area contributed by atoms with Crippen LogP contribution >= 0.6 is 0 Å². The number of ether oxygens (including phenoxy) is 2. The van der Waals surface area contributed by atoms with Gasteiger partial charge in [-0.05, 0) is 54.7 Å². The zero-order valence-electron chi connectivity index (χ0n) is 17.0. The van der Waals surface area contributed by atoms with E-state index in [1.54, 1.807) is 24.1 Å². The number of hydrogen-bond acceptors (Lipinski definition) is 5. The molecule has 2 aromatic rings. The third-order valence-corrected chi connectivity index (χ3v) is 5.51. The number of carbonyl (C=O) groups is 1. The molecular formula is C22H27FN4O3. The molecule has 0 bridgehead atoms. The number of benzene rings is 2. The molecule has 0 radical (unpaired) electrons. The highest BCUT2D eigenvalue weighted by Crippen LogP contribution is 2.32. The van der Waals surface area contributed by atoms with Gasteiger partial charge in [0.15, 0.2) is 11.5 Å². The van der Waals surface area contributed by atoms with E-state index in [1.807, 2.05) is 24.3 Å². The molecule has 0 aliphatic carbocycles. The van der Waals surface area contributed by atoms with Crippen LogP contribution in [0.4, 0.5) is 9.18 Å². The summed E-state index contributed by atoms with van der Waals surface area (Å²) in [5, 5.41) is 2.93. The van der Waals surface area contributed by atoms with E-state index in [4.69, 9.17) is 9.47 Å². The minimum atomic E-state index is -0.217. The number of fused-ring (bicyclic) bond motifs is 1. The Balaban J connectivity index is 1.16. The third-order valence-electron chi connectivity index (χ3n) is 5.51. The van der Waals surface area contributed by atoms with Crippen LogP contribution in [0.1, 0.15) is 36.4 Å². The van der Waals surface area contributed by atoms with Crippen molar-refractivity contribution in [3.8, 4) is 11.5 Å². The second-order valence-corrected chi connectivity index (χ2v) is 7.74. The Morgan fingerprint density at radius 3 is 2.93 bits per heavy atom. The molecule has 0 aromatic heterocycles. The van der Waals surface area contributed by atoms with Crippen LogP contribution in [0.3, 0.4) is 0 Å². The standard InChI is InChI=1S/C22H27FN4O3/c1-27(22(28)24-13-15-7-8-20-21(10-15)30-14-29-20)9-3-6-18-12-19(26-25-18)16-4-2-5-17(23)11-16/h2,4-5,7-8,10-11,18-19,25-26H,3,6,9,12-14H2,1H3,(H,24,28). The summed E-state index contributed by atoms with van der Waals surface area (Å²) in [6, 6.07) is 12.6. The van der Waals surface area contributed by atoms with Crippen LogP contribution in [-0.2, 0) is 6.54 Å². The van der Waals surface area contributed by atoms with Gasteiger partial charge >= 0.3 is 6.03 Å². The second-order valence-electron chi connectivity index (χ2n) is 7.74. The van der Waals surface area contributed by atoms with Gasteiger partial charge in [-0.15, -0.1) is 0 Å². The number of hydrazine groups is 1. The van der Waals surface area contributed by atoms with Gasteiger partial charge in [-0.2, -0.15) is 0 Å². The normalized spacial score (nSPS) is 19.7. The van der Waals surface area contributed by atoms with Crippen LogP contribution in [-0.4, -0.2) is 37.4 Å². The van der Waals surface area contributed by atoms with Gasteiger partial charge in [0.05, 0.1) is 0 Å². The lowest BCUT2D eigenvalue weighted by Crippen LogP contribution is -2.38. The van der Waals surface area contributed by atoms with Gasteiger partial charge in [0, 0.05) is 32.2 Å². The largest absolute Gasteiger partial charge is 0.454 e. The van der Waals surface area contributed by atoms with E-state index in [1.165, 1.54) is 6.07 Å². The van der Waals surface area contributed by atoms with Crippen molar-refractivity contribution in [3.63, 3.8) is 0 Å². The monoisotopic (exact) mass is 414 g/mol. The van der Waals surface area contributed by atoms with Crippen LogP contribution in [0.5, 0.6) is 11.5 Å². The molecule has 1 saturated heterocycles. The van der Waals surface area contributed by atoms with E-state index in [0.29, 0.717) is 24.9 Å². The molecule has 3 N–H and O–H groups in total. The van der Waals surface area contributed by atoms with Crippen LogP contribution < -0.4 is 25.6 Å². The molecule has 0 saturated carbocycles. The maximum absolute atomic E-state index is 13.4. The molecule has 2 aliphatic heterocycles. The topological polar surface area (TPSA) is 74.9 Å². The third kappa shape index (κ3) is 5.01. The van der Waals surface area contributed by atoms with Gasteiger partial charge in [0.1, 0.15) is 5.82 Å². The molecule has 30 heavy (non-hydrogen) atoms. The number of nitrogens with one attached hydrogen (secondary N) is 3. The number of amides is 2. The molecule has 2 amide bonds. The Bertz CT molecular complexity index is 894. The lowest BCUT2D eigenvalue weighted by atomic mass is 9.99. The molecule has 8 heteroatoms. The van der Waals surface area contributed by atoms with Crippen molar-refractivity contribution in [3.05, 3.63) is 59.4 Å². The van der Waals surface area contributed by atoms with Crippen molar-refractivity contribution in [1.82, 2.24) is 21.1 Å². The molecule has 7 nitrogen and oxygen atoms in total. The van der Waals surface area contributed by atoms with Crippen molar-refractivity contribution in [1.29, 1.82) is 0 Å². The van der Waals surface area contributed by atoms with E-state index in [0.717, 1.165) is 36.1 Å². The number of urea groups is 1. The average molecular weight is 414 g/mol. The number of carbonyl (C=O) groups excluding carboxylic acids is 1. The van der Waals surface area contributed by atoms with Gasteiger partial charge in [-0.1, -0.05) is 18.2 Å². The molecule has 2 atom stereocenters.